The Hall–Kier alpha value is -1.32. The average molecular weight is 270 g/mol. The minimum Gasteiger partial charge on any atom is -0.481 e. The lowest BCUT2D eigenvalue weighted by Gasteiger charge is -2.21. The van der Waals surface area contributed by atoms with Crippen molar-refractivity contribution in [3.8, 4) is 0 Å². The molecule has 0 radical (unpaired) electrons. The van der Waals surface area contributed by atoms with Gasteiger partial charge in [-0.1, -0.05) is 26.0 Å². The van der Waals surface area contributed by atoms with Crippen molar-refractivity contribution in [2.24, 2.45) is 5.92 Å². The fourth-order valence-electron chi connectivity index (χ4n) is 1.93. The van der Waals surface area contributed by atoms with E-state index in [9.17, 15) is 9.59 Å². The molecule has 0 unspecified atom stereocenters. The molecule has 2 atom stereocenters. The molecule has 0 spiro atoms. The van der Waals surface area contributed by atoms with Gasteiger partial charge in [-0.15, -0.1) is 0 Å². The minimum absolute atomic E-state index is 0.0193. The van der Waals surface area contributed by atoms with Crippen molar-refractivity contribution >= 4 is 11.9 Å². The molecule has 0 aliphatic heterocycles. The summed E-state index contributed by atoms with van der Waals surface area (Å²) in [6.45, 7) is 5.53. The van der Waals surface area contributed by atoms with Crippen molar-refractivity contribution in [2.45, 2.75) is 65.4 Å². The molecule has 110 valence electrons. The van der Waals surface area contributed by atoms with Crippen molar-refractivity contribution in [2.75, 3.05) is 0 Å². The van der Waals surface area contributed by atoms with E-state index in [4.69, 9.17) is 9.84 Å². The Morgan fingerprint density at radius 1 is 1.26 bits per heavy atom. The molecule has 4 nitrogen and oxygen atoms in total. The molecule has 19 heavy (non-hydrogen) atoms. The summed E-state index contributed by atoms with van der Waals surface area (Å²) in [5.41, 5.74) is 0. The number of carboxylic acid groups (broad SMARTS) is 1. The molecule has 0 rings (SSSR count). The second-order valence-electron chi connectivity index (χ2n) is 4.88. The number of hydrogen-bond donors (Lipinski definition) is 1. The third-order valence-electron chi connectivity index (χ3n) is 3.04. The zero-order chi connectivity index (χ0) is 14.7. The van der Waals surface area contributed by atoms with Gasteiger partial charge in [0.1, 0.15) is 6.10 Å². The van der Waals surface area contributed by atoms with Crippen molar-refractivity contribution in [3.05, 3.63) is 12.2 Å². The first-order valence-electron chi connectivity index (χ1n) is 7.01. The lowest BCUT2D eigenvalue weighted by molar-refractivity contribution is -0.149. The normalized spacial score (nSPS) is 14.3. The lowest BCUT2D eigenvalue weighted by atomic mass is 9.98. The molecule has 0 bridgehead atoms. The number of carbonyl (C=O) groups is 2. The SMILES string of the molecule is CC[C@H](OC(C)=O)[C@H](C)C/C=C/CCCCC(=O)O. The first-order chi connectivity index (χ1) is 8.97. The van der Waals surface area contributed by atoms with E-state index in [2.05, 4.69) is 19.1 Å². The van der Waals surface area contributed by atoms with Crippen LogP contribution in [0.5, 0.6) is 0 Å². The zero-order valence-electron chi connectivity index (χ0n) is 12.2. The summed E-state index contributed by atoms with van der Waals surface area (Å²) in [7, 11) is 0. The van der Waals surface area contributed by atoms with E-state index in [-0.39, 0.29) is 18.5 Å². The van der Waals surface area contributed by atoms with Crippen molar-refractivity contribution in [3.63, 3.8) is 0 Å². The molecule has 0 amide bonds. The lowest BCUT2D eigenvalue weighted by Crippen LogP contribution is -2.23. The summed E-state index contributed by atoms with van der Waals surface area (Å²) in [6.07, 6.45) is 8.64. The molecular weight excluding hydrogens is 244 g/mol. The Morgan fingerprint density at radius 3 is 2.47 bits per heavy atom. The van der Waals surface area contributed by atoms with Crippen molar-refractivity contribution in [1.29, 1.82) is 0 Å². The van der Waals surface area contributed by atoms with Gasteiger partial charge in [0, 0.05) is 13.3 Å². The fourth-order valence-corrected chi connectivity index (χ4v) is 1.93. The first-order valence-corrected chi connectivity index (χ1v) is 7.01. The van der Waals surface area contributed by atoms with Crippen molar-refractivity contribution in [1.82, 2.24) is 0 Å². The molecule has 0 saturated heterocycles. The van der Waals surface area contributed by atoms with E-state index in [1.54, 1.807) is 0 Å². The monoisotopic (exact) mass is 270 g/mol. The minimum atomic E-state index is -0.732. The van der Waals surface area contributed by atoms with Crippen LogP contribution < -0.4 is 0 Å². The summed E-state index contributed by atoms with van der Waals surface area (Å²) in [6, 6.07) is 0. The third-order valence-corrected chi connectivity index (χ3v) is 3.04. The molecule has 0 aromatic heterocycles. The maximum absolute atomic E-state index is 10.9. The number of hydrogen-bond acceptors (Lipinski definition) is 3. The first kappa shape index (κ1) is 17.7. The molecule has 0 heterocycles. The highest BCUT2D eigenvalue weighted by Crippen LogP contribution is 2.16. The van der Waals surface area contributed by atoms with Gasteiger partial charge in [0.2, 0.25) is 0 Å². The second kappa shape index (κ2) is 10.6. The van der Waals surface area contributed by atoms with Crippen LogP contribution in [-0.4, -0.2) is 23.1 Å². The Morgan fingerprint density at radius 2 is 1.95 bits per heavy atom. The molecule has 0 fully saturated rings. The van der Waals surface area contributed by atoms with Gasteiger partial charge in [-0.2, -0.15) is 0 Å². The summed E-state index contributed by atoms with van der Waals surface area (Å²) in [5, 5.41) is 8.49. The maximum atomic E-state index is 10.9. The van der Waals surface area contributed by atoms with Gasteiger partial charge in [0.15, 0.2) is 0 Å². The van der Waals surface area contributed by atoms with Gasteiger partial charge in [-0.25, -0.2) is 0 Å². The van der Waals surface area contributed by atoms with Gasteiger partial charge < -0.3 is 9.84 Å². The molecule has 0 aliphatic rings. The van der Waals surface area contributed by atoms with Gasteiger partial charge in [-0.3, -0.25) is 9.59 Å². The predicted molar refractivity (Wildman–Crippen MR) is 74.9 cm³/mol. The maximum Gasteiger partial charge on any atom is 0.303 e. The highest BCUT2D eigenvalue weighted by molar-refractivity contribution is 5.66. The average Bonchev–Trinajstić information content (AvgIpc) is 2.33. The molecule has 0 aromatic rings. The van der Waals surface area contributed by atoms with E-state index < -0.39 is 5.97 Å². The van der Waals surface area contributed by atoms with Gasteiger partial charge in [0.25, 0.3) is 0 Å². The number of esters is 1. The summed E-state index contributed by atoms with van der Waals surface area (Å²) in [4.78, 5) is 21.2. The fraction of sp³-hybridized carbons (Fsp3) is 0.733. The van der Waals surface area contributed by atoms with Crippen molar-refractivity contribution < 1.29 is 19.4 Å². The quantitative estimate of drug-likeness (QED) is 0.374. The number of aliphatic carboxylic acids is 1. The Kier molecular flexibility index (Phi) is 9.85. The largest absolute Gasteiger partial charge is 0.481 e. The molecule has 0 aliphatic carbocycles. The number of carboxylic acids is 1. The number of ether oxygens (including phenoxy) is 1. The number of rotatable bonds is 10. The Balaban J connectivity index is 3.78. The van der Waals surface area contributed by atoms with E-state index >= 15 is 0 Å². The van der Waals surface area contributed by atoms with Crippen LogP contribution in [0.15, 0.2) is 12.2 Å². The summed E-state index contributed by atoms with van der Waals surface area (Å²) >= 11 is 0. The van der Waals surface area contributed by atoms with E-state index in [1.165, 1.54) is 6.92 Å². The van der Waals surface area contributed by atoms with Crippen LogP contribution in [-0.2, 0) is 14.3 Å². The van der Waals surface area contributed by atoms with Crippen LogP contribution in [0, 0.1) is 5.92 Å². The topological polar surface area (TPSA) is 63.6 Å². The predicted octanol–water partition coefficient (Wildman–Crippen LogP) is 3.56. The highest BCUT2D eigenvalue weighted by atomic mass is 16.5. The van der Waals surface area contributed by atoms with Crippen LogP contribution in [0.3, 0.4) is 0 Å². The van der Waals surface area contributed by atoms with Gasteiger partial charge in [-0.05, 0) is 38.0 Å². The summed E-state index contributed by atoms with van der Waals surface area (Å²) in [5.74, 6) is -0.648. The van der Waals surface area contributed by atoms with Crippen LogP contribution in [0.1, 0.15) is 59.3 Å². The van der Waals surface area contributed by atoms with E-state index in [1.807, 2.05) is 6.92 Å². The number of carbonyl (C=O) groups excluding carboxylic acids is 1. The molecular formula is C15H26O4. The third kappa shape index (κ3) is 10.3. The molecule has 1 N–H and O–H groups in total. The Bertz CT molecular complexity index is 297. The molecule has 4 heteroatoms. The van der Waals surface area contributed by atoms with Crippen LogP contribution >= 0.6 is 0 Å². The highest BCUT2D eigenvalue weighted by Gasteiger charge is 2.16. The van der Waals surface area contributed by atoms with Gasteiger partial charge >= 0.3 is 11.9 Å². The molecule has 0 aromatic carbocycles. The second-order valence-corrected chi connectivity index (χ2v) is 4.88. The van der Waals surface area contributed by atoms with Crippen LogP contribution in [0.25, 0.3) is 0 Å². The van der Waals surface area contributed by atoms with Gasteiger partial charge in [0.05, 0.1) is 0 Å². The Labute approximate surface area is 115 Å². The molecule has 0 saturated carbocycles. The van der Waals surface area contributed by atoms with E-state index in [0.717, 1.165) is 32.1 Å². The number of allylic oxidation sites excluding steroid dienone is 2. The van der Waals surface area contributed by atoms with E-state index in [0.29, 0.717) is 5.92 Å². The zero-order valence-corrected chi connectivity index (χ0v) is 12.2. The van der Waals surface area contributed by atoms with Crippen LogP contribution in [0.2, 0.25) is 0 Å². The smallest absolute Gasteiger partial charge is 0.303 e. The standard InChI is InChI=1S/C15H26O4/c1-4-14(19-13(3)16)12(2)10-8-6-5-7-9-11-15(17)18/h6,8,12,14H,4-5,7,9-11H2,1-3H3,(H,17,18)/b8-6+/t12-,14+/m1/s1. The van der Waals surface area contributed by atoms with Crippen LogP contribution in [0.4, 0.5) is 0 Å². The summed E-state index contributed by atoms with van der Waals surface area (Å²) < 4.78 is 5.25. The number of unbranched alkanes of at least 4 members (excludes halogenated alkanes) is 2.